The molecule has 0 heterocycles. The molecule has 1 aromatic rings. The lowest BCUT2D eigenvalue weighted by molar-refractivity contribution is -0.145. The van der Waals surface area contributed by atoms with E-state index in [1.165, 1.54) is 7.11 Å². The molecular formula is C18H27N3O4S. The quantitative estimate of drug-likeness (QED) is 0.508. The molecule has 26 heavy (non-hydrogen) atoms. The first-order valence-corrected chi connectivity index (χ1v) is 9.75. The van der Waals surface area contributed by atoms with E-state index in [0.717, 1.165) is 5.56 Å². The van der Waals surface area contributed by atoms with Gasteiger partial charge in [0, 0.05) is 6.42 Å². The third-order valence-electron chi connectivity index (χ3n) is 3.74. The fourth-order valence-electron chi connectivity index (χ4n) is 2.26. The average molecular weight is 381 g/mol. The Labute approximate surface area is 158 Å². The Morgan fingerprint density at radius 3 is 2.27 bits per heavy atom. The Balaban J connectivity index is 2.89. The minimum Gasteiger partial charge on any atom is -0.467 e. The maximum Gasteiger partial charge on any atom is 0.328 e. The van der Waals surface area contributed by atoms with Crippen LogP contribution in [0, 0.1) is 0 Å². The van der Waals surface area contributed by atoms with Gasteiger partial charge in [0.15, 0.2) is 0 Å². The molecule has 8 heteroatoms. The summed E-state index contributed by atoms with van der Waals surface area (Å²) in [5, 5.41) is 5.33. The number of nitrogens with one attached hydrogen (secondary N) is 2. The van der Waals surface area contributed by atoms with Gasteiger partial charge in [0.2, 0.25) is 11.8 Å². The van der Waals surface area contributed by atoms with Gasteiger partial charge in [0.05, 0.1) is 13.2 Å². The van der Waals surface area contributed by atoms with Crippen LogP contribution in [-0.4, -0.2) is 55.0 Å². The van der Waals surface area contributed by atoms with Crippen molar-refractivity contribution < 1.29 is 19.1 Å². The molecule has 0 aromatic heterocycles. The predicted octanol–water partition coefficient (Wildman–Crippen LogP) is 0.472. The first-order valence-electron chi connectivity index (χ1n) is 8.36. The van der Waals surface area contributed by atoms with E-state index in [2.05, 4.69) is 10.6 Å². The highest BCUT2D eigenvalue weighted by Gasteiger charge is 2.27. The highest BCUT2D eigenvalue weighted by Crippen LogP contribution is 2.07. The number of rotatable bonds is 10. The average Bonchev–Trinajstić information content (AvgIpc) is 2.64. The SMILES string of the molecule is COC(=O)[C@H](CCSC)NC(=O)[C@H](Cc1ccccc1)NC(=O)[C@@H](C)N. The minimum atomic E-state index is -0.836. The Morgan fingerprint density at radius 1 is 1.12 bits per heavy atom. The lowest BCUT2D eigenvalue weighted by Gasteiger charge is -2.23. The molecule has 0 bridgehead atoms. The lowest BCUT2D eigenvalue weighted by Crippen LogP contribution is -2.55. The molecule has 1 rings (SSSR count). The van der Waals surface area contributed by atoms with Gasteiger partial charge in [-0.15, -0.1) is 0 Å². The van der Waals surface area contributed by atoms with Gasteiger partial charge in [-0.2, -0.15) is 11.8 Å². The summed E-state index contributed by atoms with van der Waals surface area (Å²) in [7, 11) is 1.28. The van der Waals surface area contributed by atoms with E-state index in [-0.39, 0.29) is 0 Å². The van der Waals surface area contributed by atoms with Crippen LogP contribution in [0.5, 0.6) is 0 Å². The molecule has 0 saturated heterocycles. The minimum absolute atomic E-state index is 0.293. The molecule has 0 saturated carbocycles. The Kier molecular flexibility index (Phi) is 9.75. The van der Waals surface area contributed by atoms with E-state index in [0.29, 0.717) is 18.6 Å². The van der Waals surface area contributed by atoms with Crippen LogP contribution in [0.25, 0.3) is 0 Å². The predicted molar refractivity (Wildman–Crippen MR) is 103 cm³/mol. The number of esters is 1. The lowest BCUT2D eigenvalue weighted by atomic mass is 10.0. The summed E-state index contributed by atoms with van der Waals surface area (Å²) in [6, 6.07) is 6.97. The zero-order chi connectivity index (χ0) is 19.5. The first-order chi connectivity index (χ1) is 12.4. The second kappa shape index (κ2) is 11.5. The van der Waals surface area contributed by atoms with Crippen LogP contribution >= 0.6 is 11.8 Å². The molecule has 0 fully saturated rings. The van der Waals surface area contributed by atoms with Crippen molar-refractivity contribution in [1.29, 1.82) is 0 Å². The van der Waals surface area contributed by atoms with Crippen LogP contribution in [0.2, 0.25) is 0 Å². The maximum atomic E-state index is 12.7. The van der Waals surface area contributed by atoms with Crippen LogP contribution < -0.4 is 16.4 Å². The number of ether oxygens (including phenoxy) is 1. The van der Waals surface area contributed by atoms with Crippen molar-refractivity contribution in [3.63, 3.8) is 0 Å². The normalized spacial score (nSPS) is 14.0. The molecule has 7 nitrogen and oxygen atoms in total. The Bertz CT molecular complexity index is 595. The summed E-state index contributed by atoms with van der Waals surface area (Å²) in [4.78, 5) is 36.6. The summed E-state index contributed by atoms with van der Waals surface area (Å²) in [5.41, 5.74) is 6.48. The molecule has 3 atom stereocenters. The van der Waals surface area contributed by atoms with Crippen molar-refractivity contribution in [2.75, 3.05) is 19.1 Å². The molecule has 0 aliphatic carbocycles. The van der Waals surface area contributed by atoms with Gasteiger partial charge in [-0.25, -0.2) is 4.79 Å². The van der Waals surface area contributed by atoms with Crippen molar-refractivity contribution in [3.05, 3.63) is 35.9 Å². The molecule has 144 valence electrons. The van der Waals surface area contributed by atoms with Crippen molar-refractivity contribution in [3.8, 4) is 0 Å². The number of benzene rings is 1. The van der Waals surface area contributed by atoms with Crippen LogP contribution in [0.1, 0.15) is 18.9 Å². The number of hydrogen-bond acceptors (Lipinski definition) is 6. The van der Waals surface area contributed by atoms with E-state index in [4.69, 9.17) is 10.5 Å². The summed E-state index contributed by atoms with van der Waals surface area (Å²) < 4.78 is 4.76. The topological polar surface area (TPSA) is 111 Å². The molecule has 0 aliphatic heterocycles. The molecule has 1 aromatic carbocycles. The van der Waals surface area contributed by atoms with Crippen LogP contribution in [-0.2, 0) is 25.5 Å². The van der Waals surface area contributed by atoms with E-state index in [1.54, 1.807) is 18.7 Å². The third kappa shape index (κ3) is 7.45. The zero-order valence-corrected chi connectivity index (χ0v) is 16.2. The van der Waals surface area contributed by atoms with Gasteiger partial charge in [-0.3, -0.25) is 9.59 Å². The molecular weight excluding hydrogens is 354 g/mol. The fourth-order valence-corrected chi connectivity index (χ4v) is 2.73. The fraction of sp³-hybridized carbons (Fsp3) is 0.500. The van der Waals surface area contributed by atoms with E-state index >= 15 is 0 Å². The number of thioether (sulfide) groups is 1. The second-order valence-corrected chi connectivity index (χ2v) is 6.89. The molecule has 0 radical (unpaired) electrons. The summed E-state index contributed by atoms with van der Waals surface area (Å²) in [6.07, 6.45) is 2.65. The number of carbonyl (C=O) groups is 3. The standard InChI is InChI=1S/C18H27N3O4S/c1-12(19)16(22)21-15(11-13-7-5-4-6-8-13)17(23)20-14(9-10-26-3)18(24)25-2/h4-8,12,14-15H,9-11,19H2,1-3H3,(H,20,23)(H,21,22)/t12-,14+,15+/m1/s1. The number of nitrogens with two attached hydrogens (primary N) is 1. The second-order valence-electron chi connectivity index (χ2n) is 5.91. The van der Waals surface area contributed by atoms with Crippen molar-refractivity contribution >= 4 is 29.5 Å². The van der Waals surface area contributed by atoms with Gasteiger partial charge in [-0.05, 0) is 30.9 Å². The highest BCUT2D eigenvalue weighted by molar-refractivity contribution is 7.98. The largest absolute Gasteiger partial charge is 0.467 e. The summed E-state index contributed by atoms with van der Waals surface area (Å²) >= 11 is 1.57. The molecule has 0 aliphatic rings. The van der Waals surface area contributed by atoms with Gasteiger partial charge >= 0.3 is 5.97 Å². The number of methoxy groups -OCH3 is 1. The Hall–Kier alpha value is -2.06. The highest BCUT2D eigenvalue weighted by atomic mass is 32.2. The van der Waals surface area contributed by atoms with E-state index in [9.17, 15) is 14.4 Å². The summed E-state index contributed by atoms with van der Waals surface area (Å²) in [6.45, 7) is 1.54. The van der Waals surface area contributed by atoms with E-state index in [1.807, 2.05) is 36.6 Å². The molecule has 0 spiro atoms. The molecule has 0 unspecified atom stereocenters. The number of amides is 2. The summed E-state index contributed by atoms with van der Waals surface area (Å²) in [5.74, 6) is -0.696. The van der Waals surface area contributed by atoms with Gasteiger partial charge in [0.25, 0.3) is 0 Å². The maximum absolute atomic E-state index is 12.7. The van der Waals surface area contributed by atoms with Gasteiger partial charge < -0.3 is 21.1 Å². The van der Waals surface area contributed by atoms with Gasteiger partial charge in [0.1, 0.15) is 12.1 Å². The van der Waals surface area contributed by atoms with Crippen molar-refractivity contribution in [2.24, 2.45) is 5.73 Å². The number of hydrogen-bond donors (Lipinski definition) is 3. The molecule has 4 N–H and O–H groups in total. The first kappa shape index (κ1) is 22.0. The van der Waals surface area contributed by atoms with Crippen molar-refractivity contribution in [1.82, 2.24) is 10.6 Å². The number of carbonyl (C=O) groups excluding carboxylic acids is 3. The Morgan fingerprint density at radius 2 is 1.73 bits per heavy atom. The van der Waals surface area contributed by atoms with Crippen LogP contribution in [0.15, 0.2) is 30.3 Å². The van der Waals surface area contributed by atoms with Crippen LogP contribution in [0.3, 0.4) is 0 Å². The van der Waals surface area contributed by atoms with E-state index < -0.39 is 35.9 Å². The smallest absolute Gasteiger partial charge is 0.328 e. The monoisotopic (exact) mass is 381 g/mol. The van der Waals surface area contributed by atoms with Crippen LogP contribution in [0.4, 0.5) is 0 Å². The zero-order valence-electron chi connectivity index (χ0n) is 15.4. The third-order valence-corrected chi connectivity index (χ3v) is 4.39. The van der Waals surface area contributed by atoms with Crippen molar-refractivity contribution in [2.45, 2.75) is 37.9 Å². The molecule has 2 amide bonds. The van der Waals surface area contributed by atoms with Gasteiger partial charge in [-0.1, -0.05) is 30.3 Å².